The molecule has 9 nitrogen and oxygen atoms in total. The van der Waals surface area contributed by atoms with Gasteiger partial charge in [0.15, 0.2) is 11.6 Å². The zero-order chi connectivity index (χ0) is 27.8. The molecule has 3 aromatic heterocycles. The molecular weight excluding hydrogens is 514 g/mol. The van der Waals surface area contributed by atoms with Gasteiger partial charge in [-0.25, -0.2) is 28.7 Å². The minimum Gasteiger partial charge on any atom is -0.337 e. The molecule has 0 saturated heterocycles. The number of benzene rings is 1. The Morgan fingerprint density at radius 1 is 1.07 bits per heavy atom. The summed E-state index contributed by atoms with van der Waals surface area (Å²) < 4.78 is 32.4. The van der Waals surface area contributed by atoms with Crippen LogP contribution >= 0.6 is 0 Å². The Kier molecular flexibility index (Phi) is 7.14. The number of rotatable bonds is 6. The quantitative estimate of drug-likeness (QED) is 0.357. The van der Waals surface area contributed by atoms with E-state index in [2.05, 4.69) is 35.1 Å². The summed E-state index contributed by atoms with van der Waals surface area (Å²) >= 11 is 0. The normalized spacial score (nSPS) is 15.8. The van der Waals surface area contributed by atoms with Gasteiger partial charge in [-0.1, -0.05) is 25.3 Å². The minimum atomic E-state index is -0.644. The van der Waals surface area contributed by atoms with Crippen LogP contribution in [0, 0.1) is 18.6 Å². The average Bonchev–Trinajstić information content (AvgIpc) is 3.30. The van der Waals surface area contributed by atoms with Gasteiger partial charge < -0.3 is 20.1 Å². The molecule has 11 heteroatoms. The number of hydrogen-bond acceptors (Lipinski definition) is 7. The third kappa shape index (κ3) is 5.01. The van der Waals surface area contributed by atoms with Crippen molar-refractivity contribution >= 4 is 28.7 Å². The van der Waals surface area contributed by atoms with Crippen LogP contribution in [-0.4, -0.2) is 55.4 Å². The molecule has 1 amide bonds. The maximum absolute atomic E-state index is 15.3. The number of hydrogen-bond donors (Lipinski definition) is 2. The molecule has 1 fully saturated rings. The van der Waals surface area contributed by atoms with Crippen molar-refractivity contribution in [3.8, 4) is 11.3 Å². The number of aryl methyl sites for hydroxylation is 1. The first-order valence-electron chi connectivity index (χ1n) is 13.8. The van der Waals surface area contributed by atoms with E-state index < -0.39 is 11.6 Å². The highest BCUT2D eigenvalue weighted by Crippen LogP contribution is 2.35. The van der Waals surface area contributed by atoms with Crippen LogP contribution in [-0.2, 0) is 17.8 Å². The molecule has 0 bridgehead atoms. The van der Waals surface area contributed by atoms with E-state index in [0.29, 0.717) is 48.5 Å². The van der Waals surface area contributed by atoms with Gasteiger partial charge in [0, 0.05) is 36.8 Å². The monoisotopic (exact) mass is 546 g/mol. The summed E-state index contributed by atoms with van der Waals surface area (Å²) in [6, 6.07) is 7.03. The SMILES string of the molecule is CNCC(=O)N1CCc2nc(Nc3ncc(F)c(-c4cc(F)c5nc(C)n(C6CCCCC6)c5c4)n3)ccc2C1. The number of nitrogens with one attached hydrogen (secondary N) is 2. The van der Waals surface area contributed by atoms with Crippen molar-refractivity contribution in [3.05, 3.63) is 59.2 Å². The van der Waals surface area contributed by atoms with E-state index in [1.807, 2.05) is 13.0 Å². The van der Waals surface area contributed by atoms with Crippen LogP contribution in [0.2, 0.25) is 0 Å². The van der Waals surface area contributed by atoms with Gasteiger partial charge in [0.2, 0.25) is 11.9 Å². The van der Waals surface area contributed by atoms with Crippen LogP contribution < -0.4 is 10.6 Å². The predicted molar refractivity (Wildman–Crippen MR) is 148 cm³/mol. The number of likely N-dealkylation sites (N-methyl/N-ethyl adjacent to an activating group) is 1. The summed E-state index contributed by atoms with van der Waals surface area (Å²) in [5.41, 5.74) is 3.16. The van der Waals surface area contributed by atoms with E-state index in [4.69, 9.17) is 0 Å². The molecule has 0 unspecified atom stereocenters. The van der Waals surface area contributed by atoms with Gasteiger partial charge in [-0.3, -0.25) is 4.79 Å². The molecule has 6 rings (SSSR count). The second kappa shape index (κ2) is 10.9. The number of amides is 1. The van der Waals surface area contributed by atoms with Gasteiger partial charge >= 0.3 is 0 Å². The summed E-state index contributed by atoms with van der Waals surface area (Å²) in [5.74, 6) is 0.332. The van der Waals surface area contributed by atoms with Crippen LogP contribution in [0.1, 0.15) is 55.2 Å². The Labute approximate surface area is 231 Å². The number of imidazole rings is 1. The number of nitrogens with zero attached hydrogens (tertiary/aromatic N) is 6. The highest BCUT2D eigenvalue weighted by Gasteiger charge is 2.24. The van der Waals surface area contributed by atoms with E-state index in [0.717, 1.165) is 49.0 Å². The zero-order valence-electron chi connectivity index (χ0n) is 22.7. The summed E-state index contributed by atoms with van der Waals surface area (Å²) in [5, 5.41) is 5.96. The molecule has 0 radical (unpaired) electrons. The molecule has 0 spiro atoms. The maximum atomic E-state index is 15.3. The molecule has 4 heterocycles. The van der Waals surface area contributed by atoms with E-state index >= 15 is 8.78 Å². The molecule has 1 aliphatic heterocycles. The number of pyridine rings is 1. The van der Waals surface area contributed by atoms with E-state index in [-0.39, 0.29) is 23.6 Å². The second-order valence-corrected chi connectivity index (χ2v) is 10.6. The first-order valence-corrected chi connectivity index (χ1v) is 13.8. The van der Waals surface area contributed by atoms with Crippen LogP contribution in [0.3, 0.4) is 0 Å². The first-order chi connectivity index (χ1) is 19.4. The highest BCUT2D eigenvalue weighted by atomic mass is 19.1. The molecule has 1 aliphatic carbocycles. The van der Waals surface area contributed by atoms with E-state index in [9.17, 15) is 4.79 Å². The van der Waals surface area contributed by atoms with Crippen LogP contribution in [0.15, 0.2) is 30.5 Å². The standard InChI is InChI=1S/C29H32F2N8O/c1-17-34-28-21(30)12-19(13-24(28)39(17)20-6-4-3-5-7-20)27-22(31)14-33-29(37-27)36-25-9-8-18-16-38(26(40)15-32-2)11-10-23(18)35-25/h8-9,12-14,20,32H,3-7,10-11,15-16H2,1-2H3,(H,33,35,36,37). The Balaban J connectivity index is 1.28. The Hall–Kier alpha value is -3.99. The number of carbonyl (C=O) groups excluding carboxylic acids is 1. The molecule has 4 aromatic rings. The molecular formula is C29H32F2N8O. The van der Waals surface area contributed by atoms with Crippen molar-refractivity contribution < 1.29 is 13.6 Å². The lowest BCUT2D eigenvalue weighted by molar-refractivity contribution is -0.131. The lowest BCUT2D eigenvalue weighted by Gasteiger charge is -2.28. The van der Waals surface area contributed by atoms with Crippen molar-refractivity contribution in [1.29, 1.82) is 0 Å². The molecule has 2 N–H and O–H groups in total. The number of halogens is 2. The van der Waals surface area contributed by atoms with Crippen molar-refractivity contribution in [2.75, 3.05) is 25.5 Å². The minimum absolute atomic E-state index is 0.00370. The summed E-state index contributed by atoms with van der Waals surface area (Å²) in [7, 11) is 1.75. The summed E-state index contributed by atoms with van der Waals surface area (Å²) in [6.45, 7) is 3.29. The molecule has 1 saturated carbocycles. The number of fused-ring (bicyclic) bond motifs is 2. The number of anilines is 2. The molecule has 208 valence electrons. The Morgan fingerprint density at radius 2 is 1.90 bits per heavy atom. The van der Waals surface area contributed by atoms with Gasteiger partial charge in [-0.05, 0) is 50.6 Å². The molecule has 1 aromatic carbocycles. The summed E-state index contributed by atoms with van der Waals surface area (Å²) in [6.07, 6.45) is 7.22. The van der Waals surface area contributed by atoms with Gasteiger partial charge in [-0.2, -0.15) is 0 Å². The predicted octanol–water partition coefficient (Wildman–Crippen LogP) is 4.83. The topological polar surface area (TPSA) is 101 Å². The van der Waals surface area contributed by atoms with E-state index in [1.165, 1.54) is 12.5 Å². The van der Waals surface area contributed by atoms with Crippen LogP contribution in [0.4, 0.5) is 20.5 Å². The number of carbonyl (C=O) groups is 1. The van der Waals surface area contributed by atoms with Crippen molar-refractivity contribution in [2.45, 2.75) is 58.0 Å². The van der Waals surface area contributed by atoms with Crippen molar-refractivity contribution in [2.24, 2.45) is 0 Å². The third-order valence-corrected chi connectivity index (χ3v) is 7.85. The maximum Gasteiger partial charge on any atom is 0.236 e. The number of aromatic nitrogens is 5. The summed E-state index contributed by atoms with van der Waals surface area (Å²) in [4.78, 5) is 31.7. The Bertz CT molecular complexity index is 1580. The van der Waals surface area contributed by atoms with Crippen LogP contribution in [0.5, 0.6) is 0 Å². The van der Waals surface area contributed by atoms with Gasteiger partial charge in [0.05, 0.1) is 18.3 Å². The third-order valence-electron chi connectivity index (χ3n) is 7.85. The average molecular weight is 547 g/mol. The largest absolute Gasteiger partial charge is 0.337 e. The molecule has 0 atom stereocenters. The fourth-order valence-corrected chi connectivity index (χ4v) is 5.91. The van der Waals surface area contributed by atoms with Crippen molar-refractivity contribution in [1.82, 2.24) is 34.7 Å². The van der Waals surface area contributed by atoms with Gasteiger partial charge in [-0.15, -0.1) is 0 Å². The highest BCUT2D eigenvalue weighted by molar-refractivity contribution is 5.83. The van der Waals surface area contributed by atoms with Crippen molar-refractivity contribution in [3.63, 3.8) is 0 Å². The zero-order valence-corrected chi connectivity index (χ0v) is 22.7. The molecule has 2 aliphatic rings. The van der Waals surface area contributed by atoms with Gasteiger partial charge in [0.25, 0.3) is 0 Å². The first kappa shape index (κ1) is 26.2. The molecule has 40 heavy (non-hydrogen) atoms. The van der Waals surface area contributed by atoms with Gasteiger partial charge in [0.1, 0.15) is 22.9 Å². The van der Waals surface area contributed by atoms with Crippen LogP contribution in [0.25, 0.3) is 22.3 Å². The van der Waals surface area contributed by atoms with E-state index in [1.54, 1.807) is 24.1 Å². The smallest absolute Gasteiger partial charge is 0.236 e. The lowest BCUT2D eigenvalue weighted by Crippen LogP contribution is -2.40. The fraction of sp³-hybridized carbons (Fsp3) is 0.414. The fourth-order valence-electron chi connectivity index (χ4n) is 5.91. The second-order valence-electron chi connectivity index (χ2n) is 10.6. The Morgan fingerprint density at radius 3 is 2.70 bits per heavy atom. The lowest BCUT2D eigenvalue weighted by atomic mass is 9.95.